The van der Waals surface area contributed by atoms with Crippen molar-refractivity contribution in [1.29, 1.82) is 0 Å². The topological polar surface area (TPSA) is 34.1 Å². The molecule has 0 radical (unpaired) electrons. The van der Waals surface area contributed by atoms with E-state index in [0.717, 1.165) is 9.79 Å². The van der Waals surface area contributed by atoms with E-state index in [-0.39, 0.29) is 11.6 Å². The fraction of sp³-hybridized carbons (Fsp3) is 0.185. The molecule has 2 nitrogen and oxygen atoms in total. The zero-order chi connectivity index (χ0) is 62.3. The molecule has 0 aliphatic rings. The van der Waals surface area contributed by atoms with Crippen molar-refractivity contribution in [3.63, 3.8) is 0 Å². The van der Waals surface area contributed by atoms with E-state index < -0.39 is 206 Å². The van der Waals surface area contributed by atoms with E-state index in [1.807, 2.05) is 84.9 Å². The van der Waals surface area contributed by atoms with Crippen molar-refractivity contribution >= 4 is 63.1 Å². The number of Topliss-reactive ketones (excluding diaryl/α,β-unsaturated/α-hetero) is 2. The van der Waals surface area contributed by atoms with Gasteiger partial charge in [-0.25, -0.2) is 0 Å². The third kappa shape index (κ3) is 15.6. The van der Waals surface area contributed by atoms with Crippen LogP contribution in [0.5, 0.6) is 0 Å². The third-order valence-electron chi connectivity index (χ3n) is 12.4. The molecule has 0 N–H and O–H groups in total. The van der Waals surface area contributed by atoms with Crippen molar-refractivity contribution in [3.05, 3.63) is 213 Å². The summed E-state index contributed by atoms with van der Waals surface area (Å²) in [5.41, 5.74) is -28.9. The number of halogens is 24. The third-order valence-corrected chi connectivity index (χ3v) is 15.2. The Kier molecular flexibility index (Phi) is 18.5. The van der Waals surface area contributed by atoms with E-state index in [9.17, 15) is 115 Å². The summed E-state index contributed by atoms with van der Waals surface area (Å²) in [5, 5.41) is 0. The Labute approximate surface area is 460 Å². The summed E-state index contributed by atoms with van der Waals surface area (Å²) < 4.78 is 341. The van der Waals surface area contributed by atoms with Crippen LogP contribution >= 0.6 is 12.6 Å². The van der Waals surface area contributed by atoms with Gasteiger partial charge in [0.25, 0.3) is 0 Å². The summed E-state index contributed by atoms with van der Waals surface area (Å²) in [7, 11) is -0.536. The number of carbonyl (C=O) groups is 2. The highest BCUT2D eigenvalue weighted by Gasteiger charge is 2.47. The van der Waals surface area contributed by atoms with Crippen molar-refractivity contribution in [2.24, 2.45) is 0 Å². The molecule has 0 unspecified atom stereocenters. The lowest BCUT2D eigenvalue weighted by Crippen LogP contribution is -2.75. The van der Waals surface area contributed by atoms with Gasteiger partial charge in [0.1, 0.15) is 6.15 Å². The molecular weight excluding hydrogens is 1210 g/mol. The van der Waals surface area contributed by atoms with Gasteiger partial charge in [-0.05, 0) is 36.4 Å². The zero-order valence-electron chi connectivity index (χ0n) is 40.7. The molecule has 442 valence electrons. The number of hydrogen-bond acceptors (Lipinski definition) is 3. The van der Waals surface area contributed by atoms with E-state index in [1.165, 1.54) is 0 Å². The average molecular weight is 1240 g/mol. The smallest absolute Gasteiger partial charge is 0.289 e. The lowest BCUT2D eigenvalue weighted by molar-refractivity contribution is -0.144. The standard InChI is InChI=1S/C32H12BF24.C22H18O2S2/c34-25(35,36)13-1-14(26(37,38)39)6-21(5-13)33(22-7-15(27(40,41)42)2-16(8-22)28(43,44)45,23-9-17(29(46,47)48)3-18(10-23)30(49,50)51)24-11-19(31(52,53)54)4-20(12-24)32(55,56)57;23-19(17-9-3-1-4-10-17)15-26(22-14-8-7-13-21(22)25)16-20(24)18-11-5-2-6-12-18/h1-12H;1-14H,15-16H2/q-1;/p+1. The maximum Gasteiger partial charge on any atom is 0.416 e. The van der Waals surface area contributed by atoms with Gasteiger partial charge in [0.2, 0.25) is 11.6 Å². The number of ketones is 2. The maximum atomic E-state index is 14.2. The molecule has 0 saturated carbocycles. The number of thiol groups is 1. The van der Waals surface area contributed by atoms with Crippen LogP contribution in [0.15, 0.2) is 168 Å². The van der Waals surface area contributed by atoms with Crippen LogP contribution < -0.4 is 21.9 Å². The lowest BCUT2D eigenvalue weighted by atomic mass is 9.12. The molecule has 0 aliphatic heterocycles. The van der Waals surface area contributed by atoms with Gasteiger partial charge in [0, 0.05) is 22.0 Å². The SMILES string of the molecule is FC(F)(F)c1cc([B-](c2cc(C(F)(F)F)cc(C(F)(F)F)c2)(c2cc(C(F)(F)F)cc(C(F)(F)F)c2)c2cc(C(F)(F)F)cc(C(F)(F)F)c2)cc(C(F)(F)F)c1.O=C(C[S+](CC(=O)c1ccccc1)c1ccccc1S)c1ccccc1. The minimum atomic E-state index is -6.13. The largest absolute Gasteiger partial charge is 0.416 e. The highest BCUT2D eigenvalue weighted by atomic mass is 32.2. The molecule has 7 rings (SSSR count). The number of benzene rings is 7. The second-order valence-corrected chi connectivity index (χ2v) is 20.5. The first-order chi connectivity index (χ1) is 37.9. The highest BCUT2D eigenvalue weighted by molar-refractivity contribution is 7.98. The van der Waals surface area contributed by atoms with Gasteiger partial charge in [-0.2, -0.15) is 127 Å². The molecule has 0 aromatic heterocycles. The van der Waals surface area contributed by atoms with Crippen molar-refractivity contribution in [1.82, 2.24) is 0 Å². The molecular formula is C54H31BF24O2S2. The van der Waals surface area contributed by atoms with E-state index in [2.05, 4.69) is 12.6 Å². The van der Waals surface area contributed by atoms with Gasteiger partial charge < -0.3 is 0 Å². The van der Waals surface area contributed by atoms with Crippen LogP contribution in [0.2, 0.25) is 0 Å². The minimum absolute atomic E-state index is 0.0476. The first-order valence-electron chi connectivity index (χ1n) is 22.9. The maximum absolute atomic E-state index is 14.2. The van der Waals surface area contributed by atoms with Crippen LogP contribution in [0.3, 0.4) is 0 Å². The molecule has 0 aliphatic carbocycles. The van der Waals surface area contributed by atoms with Crippen LogP contribution in [-0.2, 0) is 60.3 Å². The molecule has 0 saturated heterocycles. The second-order valence-electron chi connectivity index (χ2n) is 18.1. The Morgan fingerprint density at radius 2 is 0.518 bits per heavy atom. The van der Waals surface area contributed by atoms with E-state index in [0.29, 0.717) is 22.6 Å². The first-order valence-corrected chi connectivity index (χ1v) is 24.9. The Balaban J connectivity index is 0.000000352. The predicted octanol–water partition coefficient (Wildman–Crippen LogP) is 15.9. The summed E-state index contributed by atoms with van der Waals surface area (Å²) in [6.07, 6.45) is -54.8. The van der Waals surface area contributed by atoms with Crippen LogP contribution in [0, 0.1) is 0 Å². The van der Waals surface area contributed by atoms with E-state index in [4.69, 9.17) is 0 Å². The lowest BCUT2D eigenvalue weighted by Gasteiger charge is -2.46. The normalized spacial score (nSPS) is 13.2. The van der Waals surface area contributed by atoms with Crippen LogP contribution in [0.1, 0.15) is 65.2 Å². The van der Waals surface area contributed by atoms with E-state index >= 15 is 0 Å². The summed E-state index contributed by atoms with van der Waals surface area (Å²) in [4.78, 5) is 27.2. The van der Waals surface area contributed by atoms with Crippen molar-refractivity contribution in [3.8, 4) is 0 Å². The summed E-state index contributed by atoms with van der Waals surface area (Å²) in [6.45, 7) is 0. The fourth-order valence-corrected chi connectivity index (χ4v) is 11.3. The summed E-state index contributed by atoms with van der Waals surface area (Å²) in [6, 6.07) is 17.3. The Hall–Kier alpha value is -7.04. The molecule has 7 aromatic rings. The van der Waals surface area contributed by atoms with Crippen LogP contribution in [0.4, 0.5) is 105 Å². The summed E-state index contributed by atoms with van der Waals surface area (Å²) >= 11 is 4.54. The zero-order valence-corrected chi connectivity index (χ0v) is 42.5. The minimum Gasteiger partial charge on any atom is -0.289 e. The molecule has 0 bridgehead atoms. The van der Waals surface area contributed by atoms with Crippen LogP contribution in [0.25, 0.3) is 0 Å². The Morgan fingerprint density at radius 3 is 0.723 bits per heavy atom. The monoisotopic (exact) mass is 1240 g/mol. The molecule has 7 aromatic carbocycles. The van der Waals surface area contributed by atoms with Crippen LogP contribution in [-0.4, -0.2) is 29.2 Å². The summed E-state index contributed by atoms with van der Waals surface area (Å²) in [5.74, 6) is 0.707. The molecule has 0 spiro atoms. The van der Waals surface area contributed by atoms with Crippen molar-refractivity contribution < 1.29 is 115 Å². The number of carbonyl (C=O) groups excluding carboxylic acids is 2. The molecule has 0 atom stereocenters. The van der Waals surface area contributed by atoms with Crippen molar-refractivity contribution in [2.45, 2.75) is 59.2 Å². The molecule has 0 heterocycles. The van der Waals surface area contributed by atoms with E-state index in [1.54, 1.807) is 0 Å². The second kappa shape index (κ2) is 23.6. The van der Waals surface area contributed by atoms with Crippen molar-refractivity contribution in [2.75, 3.05) is 11.5 Å². The van der Waals surface area contributed by atoms with Gasteiger partial charge in [0.05, 0.1) is 49.4 Å². The van der Waals surface area contributed by atoms with Gasteiger partial charge in [-0.1, -0.05) is 121 Å². The Bertz CT molecular complexity index is 2980. The van der Waals surface area contributed by atoms with Gasteiger partial charge in [-0.3, -0.25) is 9.59 Å². The quantitative estimate of drug-likeness (QED) is 0.0460. The number of alkyl halides is 24. The average Bonchev–Trinajstić information content (AvgIpc) is 1.09. The molecule has 0 amide bonds. The molecule has 29 heteroatoms. The van der Waals surface area contributed by atoms with Gasteiger partial charge in [-0.15, -0.1) is 12.6 Å². The number of rotatable bonds is 11. The van der Waals surface area contributed by atoms with Gasteiger partial charge in [0.15, 0.2) is 16.4 Å². The van der Waals surface area contributed by atoms with Gasteiger partial charge >= 0.3 is 49.4 Å². The Morgan fingerprint density at radius 1 is 0.313 bits per heavy atom. The predicted molar refractivity (Wildman–Crippen MR) is 261 cm³/mol. The first kappa shape index (κ1) is 65.1. The molecule has 0 fully saturated rings. The fourth-order valence-electron chi connectivity index (χ4n) is 8.71. The molecule has 83 heavy (non-hydrogen) atoms. The number of hydrogen-bond donors (Lipinski definition) is 1. The highest BCUT2D eigenvalue weighted by Crippen LogP contribution is 2.42.